The monoisotopic (exact) mass is 480 g/mol. The molecule has 0 bridgehead atoms. The average molecular weight is 480 g/mol. The van der Waals surface area contributed by atoms with Crippen LogP contribution >= 0.6 is 0 Å². The number of rotatable bonds is 8. The molecule has 34 heavy (non-hydrogen) atoms. The number of para-hydroxylation sites is 1. The third kappa shape index (κ3) is 7.80. The number of ether oxygens (including phenoxy) is 2. The lowest BCUT2D eigenvalue weighted by molar-refractivity contribution is -0.139. The third-order valence-electron chi connectivity index (χ3n) is 4.06. The molecule has 0 fully saturated rings. The van der Waals surface area contributed by atoms with Gasteiger partial charge >= 0.3 is 18.0 Å². The van der Waals surface area contributed by atoms with Gasteiger partial charge in [0, 0.05) is 6.04 Å². The fourth-order valence-electron chi connectivity index (χ4n) is 2.60. The number of hydrogen-bond acceptors (Lipinski definition) is 6. The van der Waals surface area contributed by atoms with Crippen LogP contribution in [-0.4, -0.2) is 43.7 Å². The van der Waals surface area contributed by atoms with Gasteiger partial charge in [0.1, 0.15) is 0 Å². The van der Waals surface area contributed by atoms with Gasteiger partial charge in [-0.25, -0.2) is 5.43 Å². The molecule has 0 aliphatic carbocycles. The van der Waals surface area contributed by atoms with E-state index in [-0.39, 0.29) is 23.2 Å². The Balaban J connectivity index is 1.98. The van der Waals surface area contributed by atoms with Crippen molar-refractivity contribution in [2.24, 2.45) is 5.10 Å². The van der Waals surface area contributed by atoms with Crippen molar-refractivity contribution >= 4 is 29.6 Å². The second-order valence-electron chi connectivity index (χ2n) is 7.12. The predicted molar refractivity (Wildman–Crippen MR) is 118 cm³/mol. The van der Waals surface area contributed by atoms with Crippen LogP contribution in [0.4, 0.5) is 18.9 Å². The molecule has 0 aliphatic heterocycles. The molecule has 0 aliphatic rings. The largest absolute Gasteiger partial charge is 0.493 e. The standard InChI is InChI=1S/C22H23F3N4O5/c1-13(2)27-20(31)21(32)29-26-11-14-8-9-17(18(10-14)33-3)34-12-19(30)28-16-7-5-4-6-15(16)22(23,24)25/h4-11,13H,12H2,1-3H3,(H,27,31)(H,28,30)(H,29,32)/b26-11-. The van der Waals surface area contributed by atoms with Crippen LogP contribution < -0.4 is 25.5 Å². The highest BCUT2D eigenvalue weighted by molar-refractivity contribution is 6.35. The normalized spacial score (nSPS) is 11.3. The van der Waals surface area contributed by atoms with E-state index in [1.807, 2.05) is 0 Å². The number of amides is 3. The second kappa shape index (κ2) is 11.7. The maximum absolute atomic E-state index is 13.1. The van der Waals surface area contributed by atoms with E-state index >= 15 is 0 Å². The van der Waals surface area contributed by atoms with Crippen LogP contribution in [0.3, 0.4) is 0 Å². The van der Waals surface area contributed by atoms with Crippen LogP contribution in [0.15, 0.2) is 47.6 Å². The average Bonchev–Trinajstić information content (AvgIpc) is 2.77. The highest BCUT2D eigenvalue weighted by Gasteiger charge is 2.33. The Morgan fingerprint density at radius 2 is 1.76 bits per heavy atom. The molecule has 2 rings (SSSR count). The van der Waals surface area contributed by atoms with E-state index in [1.54, 1.807) is 13.8 Å². The van der Waals surface area contributed by atoms with Crippen LogP contribution in [0.25, 0.3) is 0 Å². The lowest BCUT2D eigenvalue weighted by atomic mass is 10.1. The number of carbonyl (C=O) groups is 3. The maximum atomic E-state index is 13.1. The summed E-state index contributed by atoms with van der Waals surface area (Å²) in [6, 6.07) is 8.84. The first-order valence-electron chi connectivity index (χ1n) is 9.92. The minimum absolute atomic E-state index is 0.152. The Morgan fingerprint density at radius 3 is 2.41 bits per heavy atom. The minimum Gasteiger partial charge on any atom is -0.493 e. The molecular formula is C22H23F3N4O5. The SMILES string of the molecule is COc1cc(/C=N\NC(=O)C(=O)NC(C)C)ccc1OCC(=O)Nc1ccccc1C(F)(F)F. The van der Waals surface area contributed by atoms with E-state index in [2.05, 4.69) is 21.2 Å². The minimum atomic E-state index is -4.62. The van der Waals surface area contributed by atoms with E-state index in [0.717, 1.165) is 12.1 Å². The molecule has 9 nitrogen and oxygen atoms in total. The van der Waals surface area contributed by atoms with E-state index < -0.39 is 36.1 Å². The number of nitrogens with zero attached hydrogens (tertiary/aromatic N) is 1. The summed E-state index contributed by atoms with van der Waals surface area (Å²) in [5, 5.41) is 8.28. The van der Waals surface area contributed by atoms with Gasteiger partial charge in [-0.05, 0) is 49.7 Å². The highest BCUT2D eigenvalue weighted by atomic mass is 19.4. The van der Waals surface area contributed by atoms with Crippen molar-refractivity contribution in [3.8, 4) is 11.5 Å². The molecule has 0 radical (unpaired) electrons. The van der Waals surface area contributed by atoms with Gasteiger partial charge < -0.3 is 20.1 Å². The van der Waals surface area contributed by atoms with Gasteiger partial charge in [0.05, 0.1) is 24.6 Å². The number of halogens is 3. The summed E-state index contributed by atoms with van der Waals surface area (Å²) in [5.74, 6) is -2.21. The second-order valence-corrected chi connectivity index (χ2v) is 7.12. The van der Waals surface area contributed by atoms with E-state index in [4.69, 9.17) is 9.47 Å². The van der Waals surface area contributed by atoms with E-state index in [9.17, 15) is 27.6 Å². The van der Waals surface area contributed by atoms with Crippen molar-refractivity contribution in [3.63, 3.8) is 0 Å². The predicted octanol–water partition coefficient (Wildman–Crippen LogP) is 2.71. The number of alkyl halides is 3. The topological polar surface area (TPSA) is 118 Å². The van der Waals surface area contributed by atoms with Crippen LogP contribution in [-0.2, 0) is 20.6 Å². The Morgan fingerprint density at radius 1 is 1.06 bits per heavy atom. The fourth-order valence-corrected chi connectivity index (χ4v) is 2.60. The summed E-state index contributed by atoms with van der Waals surface area (Å²) < 4.78 is 49.7. The molecule has 0 heterocycles. The quantitative estimate of drug-likeness (QED) is 0.305. The summed E-state index contributed by atoms with van der Waals surface area (Å²) in [5.41, 5.74) is 1.19. The summed E-state index contributed by atoms with van der Waals surface area (Å²) in [4.78, 5) is 35.3. The van der Waals surface area contributed by atoms with Crippen molar-refractivity contribution in [2.45, 2.75) is 26.1 Å². The van der Waals surface area contributed by atoms with Gasteiger partial charge in [0.15, 0.2) is 18.1 Å². The molecule has 12 heteroatoms. The first-order chi connectivity index (χ1) is 16.0. The summed E-state index contributed by atoms with van der Waals surface area (Å²) in [6.07, 6.45) is -3.36. The van der Waals surface area contributed by atoms with Crippen LogP contribution in [0.1, 0.15) is 25.0 Å². The Bertz CT molecular complexity index is 1070. The van der Waals surface area contributed by atoms with Gasteiger partial charge in [0.2, 0.25) is 0 Å². The zero-order chi connectivity index (χ0) is 25.3. The number of hydrazone groups is 1. The smallest absolute Gasteiger partial charge is 0.418 e. The van der Waals surface area contributed by atoms with Crippen molar-refractivity contribution in [1.82, 2.24) is 10.7 Å². The van der Waals surface area contributed by atoms with Crippen LogP contribution in [0, 0.1) is 0 Å². The highest BCUT2D eigenvalue weighted by Crippen LogP contribution is 2.34. The van der Waals surface area contributed by atoms with Gasteiger partial charge in [-0.1, -0.05) is 12.1 Å². The van der Waals surface area contributed by atoms with E-state index in [1.165, 1.54) is 43.7 Å². The first-order valence-corrected chi connectivity index (χ1v) is 9.92. The van der Waals surface area contributed by atoms with Crippen LogP contribution in [0.5, 0.6) is 11.5 Å². The third-order valence-corrected chi connectivity index (χ3v) is 4.06. The van der Waals surface area contributed by atoms with Crippen molar-refractivity contribution in [2.75, 3.05) is 19.0 Å². The Labute approximate surface area is 193 Å². The Hall–Kier alpha value is -4.09. The molecule has 2 aromatic rings. The summed E-state index contributed by atoms with van der Waals surface area (Å²) in [7, 11) is 1.35. The van der Waals surface area contributed by atoms with Gasteiger partial charge in [-0.3, -0.25) is 14.4 Å². The molecule has 0 saturated carbocycles. The molecule has 0 saturated heterocycles. The summed E-state index contributed by atoms with van der Waals surface area (Å²) in [6.45, 7) is 2.84. The molecule has 2 aromatic carbocycles. The van der Waals surface area contributed by atoms with E-state index in [0.29, 0.717) is 5.56 Å². The first kappa shape index (κ1) is 26.2. The number of nitrogens with one attached hydrogen (secondary N) is 3. The van der Waals surface area contributed by atoms with Gasteiger partial charge in [-0.15, -0.1) is 0 Å². The number of anilines is 1. The zero-order valence-electron chi connectivity index (χ0n) is 18.5. The Kier molecular flexibility index (Phi) is 8.99. The molecule has 0 aromatic heterocycles. The molecule has 3 N–H and O–H groups in total. The molecular weight excluding hydrogens is 457 g/mol. The number of carbonyl (C=O) groups excluding carboxylic acids is 3. The number of benzene rings is 2. The molecule has 182 valence electrons. The molecule has 0 spiro atoms. The maximum Gasteiger partial charge on any atom is 0.418 e. The molecule has 3 amide bonds. The molecule has 0 atom stereocenters. The fraction of sp³-hybridized carbons (Fsp3) is 0.273. The van der Waals surface area contributed by atoms with Gasteiger partial charge in [0.25, 0.3) is 5.91 Å². The van der Waals surface area contributed by atoms with Crippen LogP contribution in [0.2, 0.25) is 0 Å². The van der Waals surface area contributed by atoms with Crippen molar-refractivity contribution in [1.29, 1.82) is 0 Å². The number of methoxy groups -OCH3 is 1. The van der Waals surface area contributed by atoms with Crippen molar-refractivity contribution in [3.05, 3.63) is 53.6 Å². The lowest BCUT2D eigenvalue weighted by Gasteiger charge is -2.14. The van der Waals surface area contributed by atoms with Crippen molar-refractivity contribution < 1.29 is 37.0 Å². The lowest BCUT2D eigenvalue weighted by Crippen LogP contribution is -2.41. The summed E-state index contributed by atoms with van der Waals surface area (Å²) >= 11 is 0. The van der Waals surface area contributed by atoms with Gasteiger partial charge in [-0.2, -0.15) is 18.3 Å². The number of hydrogen-bond donors (Lipinski definition) is 3. The zero-order valence-corrected chi connectivity index (χ0v) is 18.5. The molecule has 0 unspecified atom stereocenters.